The van der Waals surface area contributed by atoms with Crippen molar-refractivity contribution in [3.63, 3.8) is 0 Å². The number of nitrogens with one attached hydrogen (secondary N) is 1. The summed E-state index contributed by atoms with van der Waals surface area (Å²) in [6.45, 7) is 7.83. The van der Waals surface area contributed by atoms with Crippen molar-refractivity contribution in [2.24, 2.45) is 0 Å². The smallest absolute Gasteiger partial charge is 0.222 e. The Kier molecular flexibility index (Phi) is 10.6. The van der Waals surface area contributed by atoms with E-state index in [9.17, 15) is 9.59 Å². The van der Waals surface area contributed by atoms with Gasteiger partial charge in [0, 0.05) is 32.0 Å². The van der Waals surface area contributed by atoms with E-state index in [1.807, 2.05) is 30.0 Å². The molecule has 0 aliphatic rings. The third-order valence-electron chi connectivity index (χ3n) is 4.25. The van der Waals surface area contributed by atoms with Crippen LogP contribution in [0.3, 0.4) is 0 Å². The summed E-state index contributed by atoms with van der Waals surface area (Å²) in [4.78, 5) is 26.1. The van der Waals surface area contributed by atoms with Crippen molar-refractivity contribution in [2.75, 3.05) is 13.1 Å². The maximum atomic E-state index is 12.2. The highest BCUT2D eigenvalue weighted by atomic mass is 16.2. The topological polar surface area (TPSA) is 49.4 Å². The zero-order chi connectivity index (χ0) is 18.5. The molecular formula is C21H34N2O2. The van der Waals surface area contributed by atoms with Crippen molar-refractivity contribution in [1.82, 2.24) is 10.2 Å². The molecule has 1 unspecified atom stereocenters. The molecule has 0 spiro atoms. The van der Waals surface area contributed by atoms with Gasteiger partial charge in [-0.1, -0.05) is 44.2 Å². The van der Waals surface area contributed by atoms with Crippen molar-refractivity contribution in [1.29, 1.82) is 0 Å². The van der Waals surface area contributed by atoms with Gasteiger partial charge in [-0.15, -0.1) is 0 Å². The zero-order valence-corrected chi connectivity index (χ0v) is 16.1. The van der Waals surface area contributed by atoms with E-state index in [1.54, 1.807) is 0 Å². The first-order valence-electron chi connectivity index (χ1n) is 9.67. The van der Waals surface area contributed by atoms with E-state index >= 15 is 0 Å². The lowest BCUT2D eigenvalue weighted by atomic mass is 10.1. The SMILES string of the molecule is CCCN(CCC)C(=O)CCCC(=O)NC(C)CCc1ccccc1. The Morgan fingerprint density at radius 3 is 2.28 bits per heavy atom. The molecule has 0 aliphatic heterocycles. The number of carbonyl (C=O) groups excluding carboxylic acids is 2. The quantitative estimate of drug-likeness (QED) is 0.623. The summed E-state index contributed by atoms with van der Waals surface area (Å²) in [6, 6.07) is 10.5. The fourth-order valence-corrected chi connectivity index (χ4v) is 2.91. The molecule has 140 valence electrons. The molecule has 0 saturated carbocycles. The van der Waals surface area contributed by atoms with Crippen LogP contribution in [-0.2, 0) is 16.0 Å². The molecular weight excluding hydrogens is 312 g/mol. The maximum absolute atomic E-state index is 12.2. The van der Waals surface area contributed by atoms with Gasteiger partial charge in [0.25, 0.3) is 0 Å². The molecule has 0 radical (unpaired) electrons. The van der Waals surface area contributed by atoms with Gasteiger partial charge in [-0.05, 0) is 44.6 Å². The van der Waals surface area contributed by atoms with Crippen LogP contribution < -0.4 is 5.32 Å². The van der Waals surface area contributed by atoms with E-state index in [-0.39, 0.29) is 17.9 Å². The van der Waals surface area contributed by atoms with Crippen molar-refractivity contribution < 1.29 is 9.59 Å². The van der Waals surface area contributed by atoms with Crippen LogP contribution in [0.4, 0.5) is 0 Å². The fourth-order valence-electron chi connectivity index (χ4n) is 2.91. The lowest BCUT2D eigenvalue weighted by Gasteiger charge is -2.21. The Morgan fingerprint density at radius 2 is 1.68 bits per heavy atom. The van der Waals surface area contributed by atoms with E-state index in [2.05, 4.69) is 31.3 Å². The molecule has 1 rings (SSSR count). The summed E-state index contributed by atoms with van der Waals surface area (Å²) in [6.07, 6.45) is 5.36. The second-order valence-corrected chi connectivity index (χ2v) is 6.73. The predicted octanol–water partition coefficient (Wildman–Crippen LogP) is 3.94. The second-order valence-electron chi connectivity index (χ2n) is 6.73. The summed E-state index contributed by atoms with van der Waals surface area (Å²) >= 11 is 0. The van der Waals surface area contributed by atoms with Crippen LogP contribution in [0, 0.1) is 0 Å². The minimum Gasteiger partial charge on any atom is -0.354 e. The van der Waals surface area contributed by atoms with Gasteiger partial charge >= 0.3 is 0 Å². The first-order chi connectivity index (χ1) is 12.1. The molecule has 2 amide bonds. The molecule has 0 saturated heterocycles. The fraction of sp³-hybridized carbons (Fsp3) is 0.619. The third-order valence-corrected chi connectivity index (χ3v) is 4.25. The third kappa shape index (κ3) is 9.28. The number of rotatable bonds is 12. The summed E-state index contributed by atoms with van der Waals surface area (Å²) < 4.78 is 0. The Labute approximate surface area is 153 Å². The Morgan fingerprint density at radius 1 is 1.04 bits per heavy atom. The van der Waals surface area contributed by atoms with E-state index in [1.165, 1.54) is 5.56 Å². The Hall–Kier alpha value is -1.84. The van der Waals surface area contributed by atoms with Gasteiger partial charge in [0.2, 0.25) is 11.8 Å². The van der Waals surface area contributed by atoms with Crippen LogP contribution in [0.15, 0.2) is 30.3 Å². The molecule has 4 nitrogen and oxygen atoms in total. The molecule has 0 bridgehead atoms. The van der Waals surface area contributed by atoms with Crippen LogP contribution in [0.1, 0.15) is 64.9 Å². The molecule has 0 fully saturated rings. The first-order valence-corrected chi connectivity index (χ1v) is 9.67. The van der Waals surface area contributed by atoms with Gasteiger partial charge in [-0.2, -0.15) is 0 Å². The van der Waals surface area contributed by atoms with Crippen LogP contribution in [0.5, 0.6) is 0 Å². The normalized spacial score (nSPS) is 11.8. The van der Waals surface area contributed by atoms with E-state index in [4.69, 9.17) is 0 Å². The standard InChI is InChI=1S/C21H34N2O2/c1-4-16-23(17-5-2)21(25)13-9-12-20(24)22-18(3)14-15-19-10-7-6-8-11-19/h6-8,10-11,18H,4-5,9,12-17H2,1-3H3,(H,22,24). The van der Waals surface area contributed by atoms with Gasteiger partial charge in [-0.25, -0.2) is 0 Å². The molecule has 1 aromatic rings. The van der Waals surface area contributed by atoms with Crippen LogP contribution in [0.2, 0.25) is 0 Å². The van der Waals surface area contributed by atoms with E-state index in [0.29, 0.717) is 19.3 Å². The number of aryl methyl sites for hydroxylation is 1. The van der Waals surface area contributed by atoms with Gasteiger partial charge in [0.15, 0.2) is 0 Å². The molecule has 0 aliphatic carbocycles. The van der Waals surface area contributed by atoms with Crippen molar-refractivity contribution in [2.45, 2.75) is 71.8 Å². The molecule has 0 aromatic heterocycles. The second kappa shape index (κ2) is 12.5. The molecule has 4 heteroatoms. The zero-order valence-electron chi connectivity index (χ0n) is 16.1. The number of nitrogens with zero attached hydrogens (tertiary/aromatic N) is 1. The minimum absolute atomic E-state index is 0.0471. The van der Waals surface area contributed by atoms with Gasteiger partial charge in [0.1, 0.15) is 0 Å². The summed E-state index contributed by atoms with van der Waals surface area (Å²) in [5.41, 5.74) is 1.29. The van der Waals surface area contributed by atoms with Crippen molar-refractivity contribution in [3.8, 4) is 0 Å². The van der Waals surface area contributed by atoms with E-state index < -0.39 is 0 Å². The van der Waals surface area contributed by atoms with Crippen molar-refractivity contribution >= 4 is 11.8 Å². The molecule has 1 N–H and O–H groups in total. The number of benzene rings is 1. The van der Waals surface area contributed by atoms with Crippen LogP contribution >= 0.6 is 0 Å². The molecule has 1 aromatic carbocycles. The van der Waals surface area contributed by atoms with E-state index in [0.717, 1.165) is 38.8 Å². The lowest BCUT2D eigenvalue weighted by molar-refractivity contribution is -0.131. The number of hydrogen-bond donors (Lipinski definition) is 1. The van der Waals surface area contributed by atoms with Gasteiger partial charge in [0.05, 0.1) is 0 Å². The maximum Gasteiger partial charge on any atom is 0.222 e. The summed E-state index contributed by atoms with van der Waals surface area (Å²) in [7, 11) is 0. The minimum atomic E-state index is 0.0471. The first kappa shape index (κ1) is 21.2. The Bertz CT molecular complexity index is 496. The van der Waals surface area contributed by atoms with Gasteiger partial charge < -0.3 is 10.2 Å². The molecule has 25 heavy (non-hydrogen) atoms. The monoisotopic (exact) mass is 346 g/mol. The van der Waals surface area contributed by atoms with Crippen molar-refractivity contribution in [3.05, 3.63) is 35.9 Å². The number of amides is 2. The highest BCUT2D eigenvalue weighted by Gasteiger charge is 2.13. The van der Waals surface area contributed by atoms with Crippen LogP contribution in [-0.4, -0.2) is 35.8 Å². The average molecular weight is 347 g/mol. The largest absolute Gasteiger partial charge is 0.354 e. The highest BCUT2D eigenvalue weighted by Crippen LogP contribution is 2.06. The Balaban J connectivity index is 2.21. The summed E-state index contributed by atoms with van der Waals surface area (Å²) in [5, 5.41) is 3.04. The average Bonchev–Trinajstić information content (AvgIpc) is 2.60. The number of carbonyl (C=O) groups is 2. The highest BCUT2D eigenvalue weighted by molar-refractivity contribution is 5.79. The molecule has 0 heterocycles. The van der Waals surface area contributed by atoms with Gasteiger partial charge in [-0.3, -0.25) is 9.59 Å². The predicted molar refractivity (Wildman–Crippen MR) is 103 cm³/mol. The number of hydrogen-bond acceptors (Lipinski definition) is 2. The lowest BCUT2D eigenvalue weighted by Crippen LogP contribution is -2.34. The van der Waals surface area contributed by atoms with Crippen LogP contribution in [0.25, 0.3) is 0 Å². The molecule has 1 atom stereocenters. The summed E-state index contributed by atoms with van der Waals surface area (Å²) in [5.74, 6) is 0.222.